The van der Waals surface area contributed by atoms with E-state index in [-0.39, 0.29) is 5.91 Å². The molecule has 0 aromatic heterocycles. The molecule has 1 aliphatic carbocycles. The van der Waals surface area contributed by atoms with Crippen LogP contribution in [0.15, 0.2) is 24.3 Å². The maximum atomic E-state index is 11.2. The summed E-state index contributed by atoms with van der Waals surface area (Å²) in [5.41, 5.74) is 7.52. The Morgan fingerprint density at radius 2 is 2.15 bits per heavy atom. The van der Waals surface area contributed by atoms with Gasteiger partial charge in [0.2, 0.25) is 5.91 Å². The zero-order chi connectivity index (χ0) is 14.6. The molecule has 1 aliphatic rings. The highest BCUT2D eigenvalue weighted by Gasteiger charge is 2.23. The predicted molar refractivity (Wildman–Crippen MR) is 82.5 cm³/mol. The average molecular weight is 274 g/mol. The second-order valence-corrected chi connectivity index (χ2v) is 6.74. The molecule has 3 N–H and O–H groups in total. The fraction of sp³-hybridized carbons (Fsp3) is 0.588. The first-order valence-electron chi connectivity index (χ1n) is 7.58. The van der Waals surface area contributed by atoms with E-state index < -0.39 is 0 Å². The zero-order valence-electron chi connectivity index (χ0n) is 12.6. The highest BCUT2D eigenvalue weighted by Crippen LogP contribution is 2.33. The molecule has 1 saturated carbocycles. The minimum absolute atomic E-state index is 0.358. The van der Waals surface area contributed by atoms with Gasteiger partial charge in [0.15, 0.2) is 0 Å². The Morgan fingerprint density at radius 3 is 2.90 bits per heavy atom. The number of nitrogens with one attached hydrogen (secondary N) is 1. The molecule has 0 saturated heterocycles. The number of hydrogen-bond acceptors (Lipinski definition) is 2. The van der Waals surface area contributed by atoms with Gasteiger partial charge in [-0.2, -0.15) is 0 Å². The third-order valence-corrected chi connectivity index (χ3v) is 4.38. The Balaban J connectivity index is 1.89. The van der Waals surface area contributed by atoms with E-state index in [1.54, 1.807) is 6.07 Å². The van der Waals surface area contributed by atoms with Gasteiger partial charge in [-0.3, -0.25) is 4.79 Å². The first-order chi connectivity index (χ1) is 9.46. The Morgan fingerprint density at radius 1 is 1.35 bits per heavy atom. The van der Waals surface area contributed by atoms with Gasteiger partial charge in [0, 0.05) is 18.2 Å². The van der Waals surface area contributed by atoms with Crippen molar-refractivity contribution < 1.29 is 4.79 Å². The molecule has 1 aromatic carbocycles. The summed E-state index contributed by atoms with van der Waals surface area (Å²) in [6.45, 7) is 5.55. The van der Waals surface area contributed by atoms with Crippen LogP contribution in [0.5, 0.6) is 0 Å². The van der Waals surface area contributed by atoms with Crippen LogP contribution in [-0.4, -0.2) is 11.9 Å². The molecule has 1 unspecified atom stereocenters. The van der Waals surface area contributed by atoms with Gasteiger partial charge < -0.3 is 11.1 Å². The fourth-order valence-electron chi connectivity index (χ4n) is 2.96. The summed E-state index contributed by atoms with van der Waals surface area (Å²) >= 11 is 0. The van der Waals surface area contributed by atoms with Crippen molar-refractivity contribution in [1.82, 2.24) is 5.32 Å². The van der Waals surface area contributed by atoms with Crippen LogP contribution in [0.3, 0.4) is 0 Å². The summed E-state index contributed by atoms with van der Waals surface area (Å²) in [4.78, 5) is 11.2. The number of amides is 1. The van der Waals surface area contributed by atoms with Gasteiger partial charge in [-0.1, -0.05) is 32.4 Å². The van der Waals surface area contributed by atoms with Crippen molar-refractivity contribution in [2.45, 2.75) is 58.5 Å². The van der Waals surface area contributed by atoms with Crippen molar-refractivity contribution in [3.05, 3.63) is 35.4 Å². The SMILES string of the molecule is CC1(C)CCCC(NCc2cccc(C(N)=O)c2)CC1. The smallest absolute Gasteiger partial charge is 0.248 e. The summed E-state index contributed by atoms with van der Waals surface area (Å²) in [5.74, 6) is -0.358. The van der Waals surface area contributed by atoms with E-state index in [1.165, 1.54) is 32.1 Å². The minimum Gasteiger partial charge on any atom is -0.366 e. The summed E-state index contributed by atoms with van der Waals surface area (Å²) in [5, 5.41) is 3.63. The zero-order valence-corrected chi connectivity index (χ0v) is 12.6. The maximum Gasteiger partial charge on any atom is 0.248 e. The molecule has 3 heteroatoms. The summed E-state index contributed by atoms with van der Waals surface area (Å²) < 4.78 is 0. The lowest BCUT2D eigenvalue weighted by Gasteiger charge is -2.22. The highest BCUT2D eigenvalue weighted by atomic mass is 16.1. The lowest BCUT2D eigenvalue weighted by Crippen LogP contribution is -2.28. The Hall–Kier alpha value is -1.35. The molecule has 0 aliphatic heterocycles. The monoisotopic (exact) mass is 274 g/mol. The van der Waals surface area contributed by atoms with Gasteiger partial charge in [-0.05, 0) is 48.8 Å². The van der Waals surface area contributed by atoms with Gasteiger partial charge >= 0.3 is 0 Å². The Kier molecular flexibility index (Phi) is 4.81. The molecule has 2 rings (SSSR count). The number of rotatable bonds is 4. The Bertz CT molecular complexity index is 468. The first-order valence-corrected chi connectivity index (χ1v) is 7.58. The van der Waals surface area contributed by atoms with E-state index in [1.807, 2.05) is 18.2 Å². The molecule has 1 amide bonds. The molecule has 0 heterocycles. The third kappa shape index (κ3) is 4.34. The Labute approximate surface area is 121 Å². The average Bonchev–Trinajstić information content (AvgIpc) is 2.58. The number of carbonyl (C=O) groups excluding carboxylic acids is 1. The van der Waals surface area contributed by atoms with E-state index in [9.17, 15) is 4.79 Å². The molecule has 1 fully saturated rings. The molecular weight excluding hydrogens is 248 g/mol. The van der Waals surface area contributed by atoms with Crippen LogP contribution < -0.4 is 11.1 Å². The van der Waals surface area contributed by atoms with Crippen molar-refractivity contribution in [3.63, 3.8) is 0 Å². The summed E-state index contributed by atoms with van der Waals surface area (Å²) in [6, 6.07) is 8.18. The van der Waals surface area contributed by atoms with Gasteiger partial charge in [0.05, 0.1) is 0 Å². The van der Waals surface area contributed by atoms with Crippen LogP contribution in [0.25, 0.3) is 0 Å². The molecule has 1 atom stereocenters. The number of carbonyl (C=O) groups is 1. The van der Waals surface area contributed by atoms with E-state index in [0.29, 0.717) is 17.0 Å². The van der Waals surface area contributed by atoms with Crippen LogP contribution in [0.4, 0.5) is 0 Å². The normalized spacial score (nSPS) is 22.2. The van der Waals surface area contributed by atoms with Crippen LogP contribution >= 0.6 is 0 Å². The molecule has 3 nitrogen and oxygen atoms in total. The standard InChI is InChI=1S/C17H26N2O/c1-17(2)9-4-7-15(8-10-17)19-12-13-5-3-6-14(11-13)16(18)20/h3,5-6,11,15,19H,4,7-10,12H2,1-2H3,(H2,18,20). The molecule has 0 radical (unpaired) electrons. The third-order valence-electron chi connectivity index (χ3n) is 4.38. The lowest BCUT2D eigenvalue weighted by molar-refractivity contribution is 0.1000. The van der Waals surface area contributed by atoms with E-state index >= 15 is 0 Å². The molecular formula is C17H26N2O. The lowest BCUT2D eigenvalue weighted by atomic mass is 9.85. The summed E-state index contributed by atoms with van der Waals surface area (Å²) in [6.07, 6.45) is 6.39. The quantitative estimate of drug-likeness (QED) is 0.828. The minimum atomic E-state index is -0.358. The van der Waals surface area contributed by atoms with Gasteiger partial charge in [0.1, 0.15) is 0 Å². The fourth-order valence-corrected chi connectivity index (χ4v) is 2.96. The summed E-state index contributed by atoms with van der Waals surface area (Å²) in [7, 11) is 0. The first kappa shape index (κ1) is 15.0. The van der Waals surface area contributed by atoms with Gasteiger partial charge in [-0.25, -0.2) is 0 Å². The van der Waals surface area contributed by atoms with E-state index in [0.717, 1.165) is 12.1 Å². The van der Waals surface area contributed by atoms with Crippen molar-refractivity contribution in [2.75, 3.05) is 0 Å². The van der Waals surface area contributed by atoms with Crippen molar-refractivity contribution in [2.24, 2.45) is 11.1 Å². The number of hydrogen-bond donors (Lipinski definition) is 2. The van der Waals surface area contributed by atoms with Crippen LogP contribution in [0, 0.1) is 5.41 Å². The highest BCUT2D eigenvalue weighted by molar-refractivity contribution is 5.92. The van der Waals surface area contributed by atoms with E-state index in [4.69, 9.17) is 5.73 Å². The second-order valence-electron chi connectivity index (χ2n) is 6.74. The molecule has 1 aromatic rings. The van der Waals surface area contributed by atoms with Crippen molar-refractivity contribution >= 4 is 5.91 Å². The molecule has 110 valence electrons. The van der Waals surface area contributed by atoms with Crippen LogP contribution in [-0.2, 0) is 6.54 Å². The number of benzene rings is 1. The van der Waals surface area contributed by atoms with Crippen LogP contribution in [0.1, 0.15) is 61.9 Å². The predicted octanol–water partition coefficient (Wildman–Crippen LogP) is 3.23. The topological polar surface area (TPSA) is 55.1 Å². The van der Waals surface area contributed by atoms with E-state index in [2.05, 4.69) is 19.2 Å². The largest absolute Gasteiger partial charge is 0.366 e. The maximum absolute atomic E-state index is 11.2. The van der Waals surface area contributed by atoms with Crippen molar-refractivity contribution in [1.29, 1.82) is 0 Å². The van der Waals surface area contributed by atoms with Gasteiger partial charge in [0.25, 0.3) is 0 Å². The number of nitrogens with two attached hydrogens (primary N) is 1. The van der Waals surface area contributed by atoms with Gasteiger partial charge in [-0.15, -0.1) is 0 Å². The van der Waals surface area contributed by atoms with Crippen molar-refractivity contribution in [3.8, 4) is 0 Å². The van der Waals surface area contributed by atoms with Crippen LogP contribution in [0.2, 0.25) is 0 Å². The molecule has 0 bridgehead atoms. The number of primary amides is 1. The molecule has 20 heavy (non-hydrogen) atoms. The molecule has 0 spiro atoms. The second kappa shape index (κ2) is 6.40.